The summed E-state index contributed by atoms with van der Waals surface area (Å²) >= 11 is 0. The Labute approximate surface area is 116 Å². The van der Waals surface area contributed by atoms with Crippen molar-refractivity contribution in [3.63, 3.8) is 0 Å². The molecule has 2 heteroatoms. The van der Waals surface area contributed by atoms with Crippen LogP contribution in [0.3, 0.4) is 0 Å². The highest BCUT2D eigenvalue weighted by molar-refractivity contribution is 5.80. The highest BCUT2D eigenvalue weighted by atomic mass is 16.5. The molecule has 3 aliphatic carbocycles. The monoisotopic (exact) mass is 262 g/mol. The Morgan fingerprint density at radius 1 is 1.16 bits per heavy atom. The third kappa shape index (κ3) is 1.36. The Bertz CT molecular complexity index is 404. The van der Waals surface area contributed by atoms with Gasteiger partial charge < -0.3 is 4.74 Å². The summed E-state index contributed by atoms with van der Waals surface area (Å²) in [5, 5.41) is 0. The summed E-state index contributed by atoms with van der Waals surface area (Å²) < 4.78 is 5.37. The maximum atomic E-state index is 12.3. The predicted octanol–water partition coefficient (Wildman–Crippen LogP) is 3.65. The van der Waals surface area contributed by atoms with E-state index >= 15 is 0 Å². The van der Waals surface area contributed by atoms with Gasteiger partial charge in [-0.05, 0) is 61.2 Å². The standard InChI is InChI=1S/C17H26O2/c1-3-10-7-11(4-2)15-13-8-12(14(10)15)9-17(13)5-6-19-16(17)18/h10-15H,3-9H2,1-2H3. The third-order valence-corrected chi connectivity index (χ3v) is 7.28. The first-order chi connectivity index (χ1) is 9.21. The van der Waals surface area contributed by atoms with Crippen molar-refractivity contribution in [1.29, 1.82) is 0 Å². The lowest BCUT2D eigenvalue weighted by atomic mass is 9.62. The van der Waals surface area contributed by atoms with E-state index < -0.39 is 0 Å². The normalized spacial score (nSPS) is 54.9. The molecule has 0 aromatic carbocycles. The van der Waals surface area contributed by atoms with Crippen molar-refractivity contribution in [3.05, 3.63) is 0 Å². The minimum atomic E-state index is -0.0398. The van der Waals surface area contributed by atoms with Crippen LogP contribution >= 0.6 is 0 Å². The summed E-state index contributed by atoms with van der Waals surface area (Å²) in [4.78, 5) is 12.3. The molecule has 0 aromatic heterocycles. The number of carbonyl (C=O) groups is 1. The molecule has 7 unspecified atom stereocenters. The molecular weight excluding hydrogens is 236 g/mol. The van der Waals surface area contributed by atoms with E-state index in [0.29, 0.717) is 12.5 Å². The summed E-state index contributed by atoms with van der Waals surface area (Å²) in [7, 11) is 0. The smallest absolute Gasteiger partial charge is 0.312 e. The van der Waals surface area contributed by atoms with Crippen LogP contribution in [0.1, 0.15) is 52.4 Å². The second-order valence-electron chi connectivity index (χ2n) is 7.58. The number of esters is 1. The van der Waals surface area contributed by atoms with E-state index in [1.807, 2.05) is 0 Å². The minimum absolute atomic E-state index is 0.0398. The largest absolute Gasteiger partial charge is 0.465 e. The van der Waals surface area contributed by atoms with Gasteiger partial charge in [-0.1, -0.05) is 26.7 Å². The van der Waals surface area contributed by atoms with Gasteiger partial charge in [-0.2, -0.15) is 0 Å². The van der Waals surface area contributed by atoms with Crippen LogP contribution in [-0.4, -0.2) is 12.6 Å². The Morgan fingerprint density at radius 2 is 1.89 bits per heavy atom. The first-order valence-corrected chi connectivity index (χ1v) is 8.38. The molecule has 1 aliphatic heterocycles. The van der Waals surface area contributed by atoms with Crippen molar-refractivity contribution in [2.75, 3.05) is 6.61 Å². The van der Waals surface area contributed by atoms with Crippen LogP contribution in [0.2, 0.25) is 0 Å². The van der Waals surface area contributed by atoms with Gasteiger partial charge in [0.15, 0.2) is 0 Å². The molecule has 4 rings (SSSR count). The number of fused-ring (bicyclic) bond motifs is 6. The van der Waals surface area contributed by atoms with Gasteiger partial charge in [0.2, 0.25) is 0 Å². The fraction of sp³-hybridized carbons (Fsp3) is 0.941. The van der Waals surface area contributed by atoms with Gasteiger partial charge in [-0.15, -0.1) is 0 Å². The Kier molecular flexibility index (Phi) is 2.57. The van der Waals surface area contributed by atoms with Crippen molar-refractivity contribution in [2.24, 2.45) is 40.9 Å². The molecule has 4 fully saturated rings. The second-order valence-corrected chi connectivity index (χ2v) is 7.58. The van der Waals surface area contributed by atoms with Crippen molar-refractivity contribution in [1.82, 2.24) is 0 Å². The second kappa shape index (κ2) is 3.99. The Morgan fingerprint density at radius 3 is 2.53 bits per heavy atom. The van der Waals surface area contributed by atoms with Gasteiger partial charge in [-0.25, -0.2) is 0 Å². The van der Waals surface area contributed by atoms with Crippen LogP contribution in [0.4, 0.5) is 0 Å². The molecule has 19 heavy (non-hydrogen) atoms. The minimum Gasteiger partial charge on any atom is -0.465 e. The van der Waals surface area contributed by atoms with Gasteiger partial charge >= 0.3 is 5.97 Å². The molecule has 7 atom stereocenters. The molecule has 3 saturated carbocycles. The molecule has 0 N–H and O–H groups in total. The lowest BCUT2D eigenvalue weighted by Crippen LogP contribution is -2.41. The average molecular weight is 262 g/mol. The van der Waals surface area contributed by atoms with Gasteiger partial charge in [0.25, 0.3) is 0 Å². The topological polar surface area (TPSA) is 26.3 Å². The van der Waals surface area contributed by atoms with Gasteiger partial charge in [0.1, 0.15) is 0 Å². The van der Waals surface area contributed by atoms with Crippen molar-refractivity contribution >= 4 is 5.97 Å². The quantitative estimate of drug-likeness (QED) is 0.710. The van der Waals surface area contributed by atoms with Crippen molar-refractivity contribution < 1.29 is 9.53 Å². The molecule has 0 aromatic rings. The summed E-state index contributed by atoms with van der Waals surface area (Å²) in [6.07, 6.45) is 7.59. The molecule has 1 heterocycles. The number of rotatable bonds is 2. The van der Waals surface area contributed by atoms with E-state index in [2.05, 4.69) is 13.8 Å². The SMILES string of the molecule is CCC1CC(CC)C2C1C1CC2C2(CCOC2=O)C1. The fourth-order valence-corrected chi connectivity index (χ4v) is 6.67. The van der Waals surface area contributed by atoms with E-state index in [0.717, 1.165) is 42.4 Å². The van der Waals surface area contributed by atoms with Crippen LogP contribution in [0.25, 0.3) is 0 Å². The first-order valence-electron chi connectivity index (χ1n) is 8.38. The average Bonchev–Trinajstić information content (AvgIpc) is 3.12. The van der Waals surface area contributed by atoms with E-state index in [4.69, 9.17) is 4.74 Å². The zero-order valence-corrected chi connectivity index (χ0v) is 12.2. The summed E-state index contributed by atoms with van der Waals surface area (Å²) in [5.41, 5.74) is -0.0398. The first kappa shape index (κ1) is 12.2. The summed E-state index contributed by atoms with van der Waals surface area (Å²) in [5.74, 6) is 5.28. The maximum Gasteiger partial charge on any atom is 0.312 e. The fourth-order valence-electron chi connectivity index (χ4n) is 6.67. The van der Waals surface area contributed by atoms with E-state index in [-0.39, 0.29) is 11.4 Å². The Balaban J connectivity index is 1.69. The van der Waals surface area contributed by atoms with Gasteiger partial charge in [0.05, 0.1) is 12.0 Å². The number of cyclic esters (lactones) is 1. The molecule has 4 aliphatic rings. The molecule has 2 nitrogen and oxygen atoms in total. The van der Waals surface area contributed by atoms with E-state index in [1.54, 1.807) is 0 Å². The molecule has 1 spiro atoms. The maximum absolute atomic E-state index is 12.3. The zero-order valence-electron chi connectivity index (χ0n) is 12.2. The van der Waals surface area contributed by atoms with Crippen molar-refractivity contribution in [3.8, 4) is 0 Å². The van der Waals surface area contributed by atoms with E-state index in [1.165, 1.54) is 25.7 Å². The van der Waals surface area contributed by atoms with Crippen LogP contribution < -0.4 is 0 Å². The van der Waals surface area contributed by atoms with E-state index in [9.17, 15) is 4.79 Å². The highest BCUT2D eigenvalue weighted by Gasteiger charge is 2.68. The summed E-state index contributed by atoms with van der Waals surface area (Å²) in [6, 6.07) is 0. The van der Waals surface area contributed by atoms with Gasteiger partial charge in [-0.3, -0.25) is 4.79 Å². The molecule has 1 saturated heterocycles. The lowest BCUT2D eigenvalue weighted by Gasteiger charge is -2.40. The predicted molar refractivity (Wildman–Crippen MR) is 73.4 cm³/mol. The summed E-state index contributed by atoms with van der Waals surface area (Å²) in [6.45, 7) is 5.41. The number of hydrogen-bond donors (Lipinski definition) is 0. The molecule has 0 radical (unpaired) electrons. The van der Waals surface area contributed by atoms with Crippen LogP contribution in [-0.2, 0) is 9.53 Å². The number of hydrogen-bond acceptors (Lipinski definition) is 2. The lowest BCUT2D eigenvalue weighted by molar-refractivity contribution is -0.150. The highest BCUT2D eigenvalue weighted by Crippen LogP contribution is 2.71. The zero-order chi connectivity index (χ0) is 13.2. The molecule has 0 amide bonds. The third-order valence-electron chi connectivity index (χ3n) is 7.28. The molecule has 2 bridgehead atoms. The van der Waals surface area contributed by atoms with Crippen LogP contribution in [0.5, 0.6) is 0 Å². The van der Waals surface area contributed by atoms with Crippen molar-refractivity contribution in [2.45, 2.75) is 52.4 Å². The molecular formula is C17H26O2. The van der Waals surface area contributed by atoms with Crippen LogP contribution in [0.15, 0.2) is 0 Å². The van der Waals surface area contributed by atoms with Gasteiger partial charge in [0, 0.05) is 0 Å². The molecule has 106 valence electrons. The number of carbonyl (C=O) groups excluding carboxylic acids is 1. The van der Waals surface area contributed by atoms with Crippen LogP contribution in [0, 0.1) is 40.9 Å². The Hall–Kier alpha value is -0.530. The number of ether oxygens (including phenoxy) is 1.